The monoisotopic (exact) mass is 347 g/mol. The number of esters is 1. The molecule has 1 N–H and O–H groups in total. The van der Waals surface area contributed by atoms with Gasteiger partial charge in [0.1, 0.15) is 11.8 Å². The molecule has 0 bridgehead atoms. The van der Waals surface area contributed by atoms with Crippen molar-refractivity contribution in [1.29, 1.82) is 0 Å². The number of carbonyl (C=O) groups is 2. The first-order valence-corrected chi connectivity index (χ1v) is 7.59. The molecule has 2 atom stereocenters. The van der Waals surface area contributed by atoms with Gasteiger partial charge in [0.2, 0.25) is 0 Å². The number of amides is 1. The van der Waals surface area contributed by atoms with Crippen LogP contribution in [0.5, 0.6) is 5.75 Å². The van der Waals surface area contributed by atoms with Crippen LogP contribution >= 0.6 is 23.2 Å². The van der Waals surface area contributed by atoms with E-state index in [9.17, 15) is 9.59 Å². The first-order chi connectivity index (χ1) is 10.4. The van der Waals surface area contributed by atoms with Crippen molar-refractivity contribution in [2.45, 2.75) is 26.3 Å². The van der Waals surface area contributed by atoms with Gasteiger partial charge in [0.15, 0.2) is 6.61 Å². The maximum atomic E-state index is 11.9. The normalized spacial score (nSPS) is 13.1. The minimum absolute atomic E-state index is 0.0499. The summed E-state index contributed by atoms with van der Waals surface area (Å²) < 4.78 is 10.0. The van der Waals surface area contributed by atoms with Crippen LogP contribution < -0.4 is 10.1 Å². The summed E-state index contributed by atoms with van der Waals surface area (Å²) in [7, 11) is 1.28. The molecule has 122 valence electrons. The predicted molar refractivity (Wildman–Crippen MR) is 85.4 cm³/mol. The second kappa shape index (κ2) is 8.86. The topological polar surface area (TPSA) is 64.6 Å². The molecule has 0 aliphatic heterocycles. The van der Waals surface area contributed by atoms with Gasteiger partial charge >= 0.3 is 5.97 Å². The van der Waals surface area contributed by atoms with Gasteiger partial charge in [0.25, 0.3) is 5.91 Å². The highest BCUT2D eigenvalue weighted by molar-refractivity contribution is 6.34. The van der Waals surface area contributed by atoms with E-state index in [1.165, 1.54) is 13.2 Å². The fraction of sp³-hybridized carbons (Fsp3) is 0.467. The van der Waals surface area contributed by atoms with E-state index in [2.05, 4.69) is 5.32 Å². The lowest BCUT2D eigenvalue weighted by Gasteiger charge is -2.21. The molecule has 0 aliphatic rings. The molecule has 0 radical (unpaired) electrons. The van der Waals surface area contributed by atoms with Crippen LogP contribution in [-0.2, 0) is 14.3 Å². The molecule has 0 saturated carbocycles. The largest absolute Gasteiger partial charge is 0.482 e. The second-order valence-corrected chi connectivity index (χ2v) is 5.66. The van der Waals surface area contributed by atoms with Gasteiger partial charge in [-0.05, 0) is 18.1 Å². The Balaban J connectivity index is 2.64. The van der Waals surface area contributed by atoms with Gasteiger partial charge in [-0.2, -0.15) is 0 Å². The molecule has 0 aliphatic carbocycles. The third-order valence-corrected chi connectivity index (χ3v) is 3.78. The van der Waals surface area contributed by atoms with E-state index in [-0.39, 0.29) is 12.5 Å². The van der Waals surface area contributed by atoms with Crippen LogP contribution in [0.25, 0.3) is 0 Å². The van der Waals surface area contributed by atoms with E-state index in [1.54, 1.807) is 12.1 Å². The summed E-state index contributed by atoms with van der Waals surface area (Å²) in [5, 5.41) is 3.41. The van der Waals surface area contributed by atoms with E-state index in [0.29, 0.717) is 15.8 Å². The van der Waals surface area contributed by atoms with Crippen LogP contribution in [0.3, 0.4) is 0 Å². The highest BCUT2D eigenvalue weighted by atomic mass is 35.5. The molecule has 0 heterocycles. The zero-order chi connectivity index (χ0) is 16.7. The number of halogens is 2. The van der Waals surface area contributed by atoms with Crippen LogP contribution in [0.1, 0.15) is 20.3 Å². The molecule has 1 amide bonds. The van der Waals surface area contributed by atoms with E-state index in [4.69, 9.17) is 32.7 Å². The smallest absolute Gasteiger partial charge is 0.328 e. The van der Waals surface area contributed by atoms with Gasteiger partial charge in [-0.3, -0.25) is 4.79 Å². The van der Waals surface area contributed by atoms with Crippen molar-refractivity contribution in [2.24, 2.45) is 5.92 Å². The maximum Gasteiger partial charge on any atom is 0.328 e. The summed E-state index contributed by atoms with van der Waals surface area (Å²) in [5.41, 5.74) is 0. The molecule has 1 aromatic carbocycles. The Morgan fingerprint density at radius 3 is 2.59 bits per heavy atom. The zero-order valence-corrected chi connectivity index (χ0v) is 14.2. The lowest BCUT2D eigenvalue weighted by Crippen LogP contribution is -2.47. The Morgan fingerprint density at radius 2 is 2.00 bits per heavy atom. The molecule has 22 heavy (non-hydrogen) atoms. The van der Waals surface area contributed by atoms with Crippen LogP contribution in [0.4, 0.5) is 0 Å². The number of nitrogens with one attached hydrogen (secondary N) is 1. The van der Waals surface area contributed by atoms with E-state index >= 15 is 0 Å². The minimum Gasteiger partial charge on any atom is -0.482 e. The SMILES string of the molecule is CC[C@@H](C)[C@H](NC(=O)COc1cc(Cl)ccc1Cl)C(=O)OC. The summed E-state index contributed by atoms with van der Waals surface area (Å²) in [5.74, 6) is -0.663. The number of benzene rings is 1. The summed E-state index contributed by atoms with van der Waals surface area (Å²) >= 11 is 11.8. The lowest BCUT2D eigenvalue weighted by molar-refractivity contribution is -0.146. The molecule has 5 nitrogen and oxygen atoms in total. The summed E-state index contributed by atoms with van der Waals surface area (Å²) in [6.45, 7) is 3.51. The number of hydrogen-bond donors (Lipinski definition) is 1. The number of rotatable bonds is 7. The molecule has 1 aromatic rings. The van der Waals surface area contributed by atoms with Crippen LogP contribution in [0.2, 0.25) is 10.0 Å². The van der Waals surface area contributed by atoms with Crippen LogP contribution in [-0.4, -0.2) is 31.6 Å². The highest BCUT2D eigenvalue weighted by Crippen LogP contribution is 2.27. The van der Waals surface area contributed by atoms with Crippen molar-refractivity contribution in [2.75, 3.05) is 13.7 Å². The van der Waals surface area contributed by atoms with E-state index in [0.717, 1.165) is 6.42 Å². The molecular weight excluding hydrogens is 329 g/mol. The first kappa shape index (κ1) is 18.6. The average molecular weight is 348 g/mol. The predicted octanol–water partition coefficient (Wildman–Crippen LogP) is 3.08. The van der Waals surface area contributed by atoms with Crippen LogP contribution in [0, 0.1) is 5.92 Å². The third-order valence-electron chi connectivity index (χ3n) is 3.24. The Kier molecular flexibility index (Phi) is 7.48. The second-order valence-electron chi connectivity index (χ2n) is 4.82. The summed E-state index contributed by atoms with van der Waals surface area (Å²) in [6.07, 6.45) is 0.723. The molecule has 1 rings (SSSR count). The number of ether oxygens (including phenoxy) is 2. The van der Waals surface area contributed by atoms with Gasteiger partial charge in [-0.15, -0.1) is 0 Å². The van der Waals surface area contributed by atoms with Crippen molar-refractivity contribution in [3.05, 3.63) is 28.2 Å². The van der Waals surface area contributed by atoms with Crippen molar-refractivity contribution >= 4 is 35.1 Å². The van der Waals surface area contributed by atoms with E-state index in [1.807, 2.05) is 13.8 Å². The molecule has 0 fully saturated rings. The lowest BCUT2D eigenvalue weighted by atomic mass is 9.99. The first-order valence-electron chi connectivity index (χ1n) is 6.84. The van der Waals surface area contributed by atoms with Gasteiger partial charge in [-0.25, -0.2) is 4.79 Å². The summed E-state index contributed by atoms with van der Waals surface area (Å²) in [4.78, 5) is 23.6. The van der Waals surface area contributed by atoms with Gasteiger partial charge in [0, 0.05) is 11.1 Å². The van der Waals surface area contributed by atoms with Crippen molar-refractivity contribution in [3.63, 3.8) is 0 Å². The average Bonchev–Trinajstić information content (AvgIpc) is 2.51. The third kappa shape index (κ3) is 5.39. The molecule has 7 heteroatoms. The highest BCUT2D eigenvalue weighted by Gasteiger charge is 2.26. The van der Waals surface area contributed by atoms with Crippen molar-refractivity contribution in [1.82, 2.24) is 5.32 Å². The molecule has 0 aromatic heterocycles. The van der Waals surface area contributed by atoms with E-state index < -0.39 is 17.9 Å². The number of hydrogen-bond acceptors (Lipinski definition) is 4. The fourth-order valence-electron chi connectivity index (χ4n) is 1.74. The minimum atomic E-state index is -0.707. The Morgan fingerprint density at radius 1 is 1.32 bits per heavy atom. The van der Waals surface area contributed by atoms with Gasteiger partial charge in [0.05, 0.1) is 12.1 Å². The number of carbonyl (C=O) groups excluding carboxylic acids is 2. The number of methoxy groups -OCH3 is 1. The quantitative estimate of drug-likeness (QED) is 0.769. The molecule has 0 unspecified atom stereocenters. The Hall–Kier alpha value is -1.46. The fourth-order valence-corrected chi connectivity index (χ4v) is 2.08. The van der Waals surface area contributed by atoms with Crippen LogP contribution in [0.15, 0.2) is 18.2 Å². The van der Waals surface area contributed by atoms with Crippen molar-refractivity contribution in [3.8, 4) is 5.75 Å². The van der Waals surface area contributed by atoms with Gasteiger partial charge in [-0.1, -0.05) is 43.5 Å². The zero-order valence-electron chi connectivity index (χ0n) is 12.7. The molecule has 0 spiro atoms. The summed E-state index contributed by atoms with van der Waals surface area (Å²) in [6, 6.07) is 4.01. The molecular formula is C15H19Cl2NO4. The van der Waals surface area contributed by atoms with Crippen molar-refractivity contribution < 1.29 is 19.1 Å². The molecule has 0 saturated heterocycles. The Labute approximate surface area is 139 Å². The Bertz CT molecular complexity index is 536. The van der Waals surface area contributed by atoms with Gasteiger partial charge < -0.3 is 14.8 Å². The standard InChI is InChI=1S/C15H19Cl2NO4/c1-4-9(2)14(15(20)21-3)18-13(19)8-22-12-7-10(16)5-6-11(12)17/h5-7,9,14H,4,8H2,1-3H3,(H,18,19)/t9-,14+/m1/s1. The maximum absolute atomic E-state index is 11.9.